The van der Waals surface area contributed by atoms with E-state index in [2.05, 4.69) is 0 Å². The lowest BCUT2D eigenvalue weighted by molar-refractivity contribution is -0.154. The SMILES string of the molecule is CCCOc1ccc(C(=O)CCC(=O)OCC(=O)N(C2CCCCC2)C2CCS(=O)(=O)C2)cc1. The molecule has 188 valence electrons. The van der Waals surface area contributed by atoms with Gasteiger partial charge in [0.25, 0.3) is 5.91 Å². The van der Waals surface area contributed by atoms with E-state index in [0.29, 0.717) is 24.3 Å². The number of amides is 1. The highest BCUT2D eigenvalue weighted by Crippen LogP contribution is 2.28. The van der Waals surface area contributed by atoms with Crippen LogP contribution in [0.25, 0.3) is 0 Å². The van der Waals surface area contributed by atoms with Crippen molar-refractivity contribution in [3.8, 4) is 5.75 Å². The van der Waals surface area contributed by atoms with Crippen LogP contribution in [-0.4, -0.2) is 67.8 Å². The van der Waals surface area contributed by atoms with Gasteiger partial charge >= 0.3 is 5.97 Å². The van der Waals surface area contributed by atoms with E-state index < -0.39 is 22.4 Å². The molecule has 1 atom stereocenters. The molecular weight excluding hydrogens is 458 g/mol. The summed E-state index contributed by atoms with van der Waals surface area (Å²) in [5.74, 6) is -0.412. The molecule has 2 aliphatic rings. The highest BCUT2D eigenvalue weighted by molar-refractivity contribution is 7.91. The Balaban J connectivity index is 1.49. The average Bonchev–Trinajstić information content (AvgIpc) is 3.19. The van der Waals surface area contributed by atoms with E-state index >= 15 is 0 Å². The number of hydrogen-bond acceptors (Lipinski definition) is 7. The number of Topliss-reactive ketones (excluding diaryl/α,β-unsaturated/α-hetero) is 1. The summed E-state index contributed by atoms with van der Waals surface area (Å²) in [6.45, 7) is 2.19. The lowest BCUT2D eigenvalue weighted by atomic mass is 9.93. The first kappa shape index (κ1) is 26.2. The molecule has 1 heterocycles. The molecule has 1 saturated carbocycles. The minimum absolute atomic E-state index is 0.0101. The molecule has 1 unspecified atom stereocenters. The van der Waals surface area contributed by atoms with Crippen LogP contribution < -0.4 is 4.74 Å². The maximum Gasteiger partial charge on any atom is 0.306 e. The fourth-order valence-corrected chi connectivity index (χ4v) is 6.38. The molecule has 0 bridgehead atoms. The summed E-state index contributed by atoms with van der Waals surface area (Å²) in [5.41, 5.74) is 0.485. The molecule has 8 nitrogen and oxygen atoms in total. The maximum atomic E-state index is 13.0. The summed E-state index contributed by atoms with van der Waals surface area (Å²) in [4.78, 5) is 39.3. The fraction of sp³-hybridized carbons (Fsp3) is 0.640. The van der Waals surface area contributed by atoms with Crippen LogP contribution in [0.15, 0.2) is 24.3 Å². The van der Waals surface area contributed by atoms with E-state index in [1.54, 1.807) is 29.2 Å². The first-order valence-electron chi connectivity index (χ1n) is 12.2. The summed E-state index contributed by atoms with van der Waals surface area (Å²) in [6, 6.07) is 6.42. The van der Waals surface area contributed by atoms with Crippen LogP contribution in [0.3, 0.4) is 0 Å². The number of esters is 1. The molecule has 0 aromatic heterocycles. The zero-order valence-corrected chi connectivity index (χ0v) is 20.7. The lowest BCUT2D eigenvalue weighted by Gasteiger charge is -2.38. The van der Waals surface area contributed by atoms with E-state index in [0.717, 1.165) is 38.5 Å². The van der Waals surface area contributed by atoms with Crippen molar-refractivity contribution in [2.75, 3.05) is 24.7 Å². The number of ketones is 1. The van der Waals surface area contributed by atoms with Gasteiger partial charge in [0.2, 0.25) is 0 Å². The Bertz CT molecular complexity index is 952. The van der Waals surface area contributed by atoms with Gasteiger partial charge in [-0.15, -0.1) is 0 Å². The molecule has 3 rings (SSSR count). The third-order valence-corrected chi connectivity index (χ3v) is 8.17. The van der Waals surface area contributed by atoms with Gasteiger partial charge in [-0.05, 0) is 49.9 Å². The highest BCUT2D eigenvalue weighted by atomic mass is 32.2. The predicted molar refractivity (Wildman–Crippen MR) is 128 cm³/mol. The normalized spacial score (nSPS) is 20.0. The zero-order chi connectivity index (χ0) is 24.6. The second-order valence-electron chi connectivity index (χ2n) is 9.11. The second kappa shape index (κ2) is 12.3. The molecule has 1 aliphatic heterocycles. The van der Waals surface area contributed by atoms with Gasteiger partial charge in [0.15, 0.2) is 22.2 Å². The minimum Gasteiger partial charge on any atom is -0.494 e. The van der Waals surface area contributed by atoms with Gasteiger partial charge in [0.1, 0.15) is 5.75 Å². The first-order chi connectivity index (χ1) is 16.3. The number of sulfone groups is 1. The van der Waals surface area contributed by atoms with Crippen LogP contribution >= 0.6 is 0 Å². The molecule has 0 radical (unpaired) electrons. The number of benzene rings is 1. The summed E-state index contributed by atoms with van der Waals surface area (Å²) in [7, 11) is -3.14. The number of carbonyl (C=O) groups is 3. The number of nitrogens with zero attached hydrogens (tertiary/aromatic N) is 1. The Morgan fingerprint density at radius 1 is 0.971 bits per heavy atom. The number of ether oxygens (including phenoxy) is 2. The van der Waals surface area contributed by atoms with Gasteiger partial charge in [-0.3, -0.25) is 14.4 Å². The van der Waals surface area contributed by atoms with Crippen molar-refractivity contribution >= 4 is 27.5 Å². The van der Waals surface area contributed by atoms with Gasteiger partial charge in [-0.1, -0.05) is 26.2 Å². The van der Waals surface area contributed by atoms with Crippen LogP contribution in [0.2, 0.25) is 0 Å². The molecule has 0 N–H and O–H groups in total. The van der Waals surface area contributed by atoms with Crippen molar-refractivity contribution < 1.29 is 32.3 Å². The number of rotatable bonds is 11. The molecule has 9 heteroatoms. The van der Waals surface area contributed by atoms with Gasteiger partial charge in [0, 0.05) is 24.1 Å². The Labute approximate surface area is 201 Å². The van der Waals surface area contributed by atoms with Crippen LogP contribution in [0, 0.1) is 0 Å². The van der Waals surface area contributed by atoms with Gasteiger partial charge in [0.05, 0.1) is 24.5 Å². The monoisotopic (exact) mass is 493 g/mol. The van der Waals surface area contributed by atoms with Crippen LogP contribution in [-0.2, 0) is 24.2 Å². The summed E-state index contributed by atoms with van der Waals surface area (Å²) >= 11 is 0. The maximum absolute atomic E-state index is 13.0. The van der Waals surface area contributed by atoms with E-state index in [1.165, 1.54) is 0 Å². The van der Waals surface area contributed by atoms with E-state index in [-0.39, 0.29) is 48.1 Å². The van der Waals surface area contributed by atoms with E-state index in [1.807, 2.05) is 6.92 Å². The van der Waals surface area contributed by atoms with E-state index in [9.17, 15) is 22.8 Å². The van der Waals surface area contributed by atoms with Crippen LogP contribution in [0.4, 0.5) is 0 Å². The van der Waals surface area contributed by atoms with Crippen molar-refractivity contribution in [3.63, 3.8) is 0 Å². The predicted octanol–water partition coefficient (Wildman–Crippen LogP) is 3.33. The Hall–Kier alpha value is -2.42. The summed E-state index contributed by atoms with van der Waals surface area (Å²) in [6.07, 6.45) is 5.97. The van der Waals surface area contributed by atoms with Crippen molar-refractivity contribution in [1.29, 1.82) is 0 Å². The van der Waals surface area contributed by atoms with Gasteiger partial charge in [-0.2, -0.15) is 0 Å². The lowest BCUT2D eigenvalue weighted by Crippen LogP contribution is -2.50. The molecule has 1 amide bonds. The summed E-state index contributed by atoms with van der Waals surface area (Å²) in [5, 5.41) is 0. The molecular formula is C25H35NO7S. The standard InChI is InChI=1S/C25H35NO7S/c1-2-15-32-22-10-8-19(9-11-22)23(27)12-13-25(29)33-17-24(28)26(20-6-4-3-5-7-20)21-14-16-34(30,31)18-21/h8-11,20-21H,2-7,12-18H2,1H3. The molecule has 1 saturated heterocycles. The Kier molecular flexibility index (Phi) is 9.50. The van der Waals surface area contributed by atoms with Crippen molar-refractivity contribution in [2.24, 2.45) is 0 Å². The third kappa shape index (κ3) is 7.55. The molecule has 2 fully saturated rings. The van der Waals surface area contributed by atoms with E-state index in [4.69, 9.17) is 9.47 Å². The van der Waals surface area contributed by atoms with Crippen molar-refractivity contribution in [1.82, 2.24) is 4.90 Å². The topological polar surface area (TPSA) is 107 Å². The highest BCUT2D eigenvalue weighted by Gasteiger charge is 2.38. The molecule has 0 spiro atoms. The minimum atomic E-state index is -3.14. The molecule has 1 aromatic rings. The van der Waals surface area contributed by atoms with Gasteiger partial charge < -0.3 is 14.4 Å². The van der Waals surface area contributed by atoms with Crippen LogP contribution in [0.5, 0.6) is 5.75 Å². The fourth-order valence-electron chi connectivity index (χ4n) is 4.67. The molecule has 34 heavy (non-hydrogen) atoms. The molecule has 1 aromatic carbocycles. The largest absolute Gasteiger partial charge is 0.494 e. The number of hydrogen-bond donors (Lipinski definition) is 0. The number of carbonyl (C=O) groups excluding carboxylic acids is 3. The zero-order valence-electron chi connectivity index (χ0n) is 19.9. The average molecular weight is 494 g/mol. The Morgan fingerprint density at radius 2 is 1.68 bits per heavy atom. The molecule has 1 aliphatic carbocycles. The van der Waals surface area contributed by atoms with Crippen molar-refractivity contribution in [3.05, 3.63) is 29.8 Å². The first-order valence-corrected chi connectivity index (χ1v) is 14.0. The second-order valence-corrected chi connectivity index (χ2v) is 11.3. The van der Waals surface area contributed by atoms with Crippen molar-refractivity contribution in [2.45, 2.75) is 76.8 Å². The summed E-state index contributed by atoms with van der Waals surface area (Å²) < 4.78 is 34.7. The van der Waals surface area contributed by atoms with Gasteiger partial charge in [-0.25, -0.2) is 8.42 Å². The quantitative estimate of drug-likeness (QED) is 0.344. The third-order valence-electron chi connectivity index (χ3n) is 6.42. The van der Waals surface area contributed by atoms with Crippen LogP contribution in [0.1, 0.15) is 75.1 Å². The Morgan fingerprint density at radius 3 is 2.29 bits per heavy atom. The smallest absolute Gasteiger partial charge is 0.306 e.